The summed E-state index contributed by atoms with van der Waals surface area (Å²) in [5.41, 5.74) is 1.93. The standard InChI is InChI=1S/C12H14N4.C3H8/c1-2-4-11-10(3-1)14-9-12(15-11)16-7-5-13-6-8-16;1-3-2/h1-4,9,13H,5-8H2;3H2,1-2H3. The van der Waals surface area contributed by atoms with E-state index in [4.69, 9.17) is 0 Å². The smallest absolute Gasteiger partial charge is 0.147 e. The number of aromatic nitrogens is 2. The largest absolute Gasteiger partial charge is 0.353 e. The normalized spacial score (nSPS) is 14.9. The van der Waals surface area contributed by atoms with Gasteiger partial charge >= 0.3 is 0 Å². The topological polar surface area (TPSA) is 41.1 Å². The summed E-state index contributed by atoms with van der Waals surface area (Å²) < 4.78 is 0. The van der Waals surface area contributed by atoms with E-state index in [1.165, 1.54) is 6.42 Å². The van der Waals surface area contributed by atoms with E-state index in [0.29, 0.717) is 0 Å². The van der Waals surface area contributed by atoms with Gasteiger partial charge in [0, 0.05) is 26.2 Å². The molecule has 19 heavy (non-hydrogen) atoms. The number of nitrogens with one attached hydrogen (secondary N) is 1. The molecule has 2 heterocycles. The Balaban J connectivity index is 0.000000408. The summed E-state index contributed by atoms with van der Waals surface area (Å²) in [6, 6.07) is 7.98. The quantitative estimate of drug-likeness (QED) is 0.853. The minimum Gasteiger partial charge on any atom is -0.353 e. The molecule has 0 spiro atoms. The van der Waals surface area contributed by atoms with Crippen molar-refractivity contribution >= 4 is 16.9 Å². The maximum atomic E-state index is 4.63. The molecule has 1 aromatic heterocycles. The van der Waals surface area contributed by atoms with Gasteiger partial charge in [-0.05, 0) is 12.1 Å². The minimum absolute atomic E-state index is 0.960. The SMILES string of the molecule is CCC.c1ccc2nc(N3CCNCC3)cnc2c1. The van der Waals surface area contributed by atoms with Gasteiger partial charge in [0.1, 0.15) is 5.82 Å². The second kappa shape index (κ2) is 7.04. The lowest BCUT2D eigenvalue weighted by atomic mass is 10.3. The summed E-state index contributed by atoms with van der Waals surface area (Å²) in [7, 11) is 0. The van der Waals surface area contributed by atoms with Crippen LogP contribution < -0.4 is 10.2 Å². The third-order valence-corrected chi connectivity index (χ3v) is 2.88. The fourth-order valence-electron chi connectivity index (χ4n) is 1.99. The molecule has 0 aliphatic carbocycles. The van der Waals surface area contributed by atoms with E-state index in [0.717, 1.165) is 43.0 Å². The number of benzene rings is 1. The molecular formula is C15H22N4. The number of piperazine rings is 1. The van der Waals surface area contributed by atoms with Gasteiger partial charge in [0.25, 0.3) is 0 Å². The molecule has 3 rings (SSSR count). The zero-order chi connectivity index (χ0) is 13.5. The van der Waals surface area contributed by atoms with E-state index in [1.54, 1.807) is 0 Å². The van der Waals surface area contributed by atoms with E-state index in [9.17, 15) is 0 Å². The van der Waals surface area contributed by atoms with Crippen molar-refractivity contribution in [3.8, 4) is 0 Å². The Labute approximate surface area is 114 Å². The molecule has 1 saturated heterocycles. The predicted octanol–water partition coefficient (Wildman–Crippen LogP) is 2.46. The van der Waals surface area contributed by atoms with Gasteiger partial charge in [0.15, 0.2) is 0 Å². The second-order valence-electron chi connectivity index (χ2n) is 4.66. The van der Waals surface area contributed by atoms with Gasteiger partial charge < -0.3 is 10.2 Å². The number of anilines is 1. The Morgan fingerprint density at radius 3 is 2.42 bits per heavy atom. The van der Waals surface area contributed by atoms with E-state index >= 15 is 0 Å². The van der Waals surface area contributed by atoms with Crippen LogP contribution in [0.2, 0.25) is 0 Å². The summed E-state index contributed by atoms with van der Waals surface area (Å²) in [4.78, 5) is 11.3. The zero-order valence-electron chi connectivity index (χ0n) is 11.8. The lowest BCUT2D eigenvalue weighted by Gasteiger charge is -2.28. The lowest BCUT2D eigenvalue weighted by Crippen LogP contribution is -2.43. The average molecular weight is 258 g/mol. The minimum atomic E-state index is 0.960. The summed E-state index contributed by atoms with van der Waals surface area (Å²) in [6.45, 7) is 8.31. The Kier molecular flexibility index (Phi) is 5.10. The monoisotopic (exact) mass is 258 g/mol. The van der Waals surface area contributed by atoms with Crippen LogP contribution in [0.4, 0.5) is 5.82 Å². The number of rotatable bonds is 1. The number of nitrogens with zero attached hydrogens (tertiary/aromatic N) is 3. The molecule has 1 aliphatic rings. The highest BCUT2D eigenvalue weighted by molar-refractivity contribution is 5.75. The molecule has 1 N–H and O–H groups in total. The molecule has 1 fully saturated rings. The first-order valence-electron chi connectivity index (χ1n) is 7.02. The molecule has 0 radical (unpaired) electrons. The molecule has 1 aliphatic heterocycles. The number of hydrogen-bond donors (Lipinski definition) is 1. The highest BCUT2D eigenvalue weighted by atomic mass is 15.2. The summed E-state index contributed by atoms with van der Waals surface area (Å²) in [6.07, 6.45) is 3.12. The molecule has 0 atom stereocenters. The fraction of sp³-hybridized carbons (Fsp3) is 0.467. The first-order valence-corrected chi connectivity index (χ1v) is 7.02. The van der Waals surface area contributed by atoms with Crippen molar-refractivity contribution in [1.29, 1.82) is 0 Å². The first-order chi connectivity index (χ1) is 9.35. The predicted molar refractivity (Wildman–Crippen MR) is 80.6 cm³/mol. The fourth-order valence-corrected chi connectivity index (χ4v) is 1.99. The molecular weight excluding hydrogens is 236 g/mol. The van der Waals surface area contributed by atoms with Crippen molar-refractivity contribution < 1.29 is 0 Å². The number of fused-ring (bicyclic) bond motifs is 1. The molecule has 0 bridgehead atoms. The van der Waals surface area contributed by atoms with E-state index < -0.39 is 0 Å². The van der Waals surface area contributed by atoms with E-state index in [2.05, 4.69) is 34.0 Å². The highest BCUT2D eigenvalue weighted by Crippen LogP contribution is 2.15. The molecule has 4 heteroatoms. The average Bonchev–Trinajstić information content (AvgIpc) is 2.48. The van der Waals surface area contributed by atoms with E-state index in [-0.39, 0.29) is 0 Å². The molecule has 102 valence electrons. The highest BCUT2D eigenvalue weighted by Gasteiger charge is 2.12. The summed E-state index contributed by atoms with van der Waals surface area (Å²) in [5, 5.41) is 3.33. The molecule has 0 saturated carbocycles. The van der Waals surface area contributed by atoms with Crippen molar-refractivity contribution in [3.63, 3.8) is 0 Å². The van der Waals surface area contributed by atoms with Crippen LogP contribution in [0.25, 0.3) is 11.0 Å². The van der Waals surface area contributed by atoms with Crippen LogP contribution in [-0.4, -0.2) is 36.1 Å². The van der Waals surface area contributed by atoms with Crippen LogP contribution in [0.15, 0.2) is 30.5 Å². The van der Waals surface area contributed by atoms with Crippen molar-refractivity contribution in [1.82, 2.24) is 15.3 Å². The van der Waals surface area contributed by atoms with Gasteiger partial charge in [-0.2, -0.15) is 0 Å². The Morgan fingerprint density at radius 2 is 1.74 bits per heavy atom. The Bertz CT molecular complexity index is 506. The van der Waals surface area contributed by atoms with Gasteiger partial charge in [0.2, 0.25) is 0 Å². The van der Waals surface area contributed by atoms with Crippen molar-refractivity contribution in [2.45, 2.75) is 20.3 Å². The summed E-state index contributed by atoms with van der Waals surface area (Å²) in [5.74, 6) is 0.986. The molecule has 1 aromatic carbocycles. The molecule has 2 aromatic rings. The Hall–Kier alpha value is -1.68. The van der Waals surface area contributed by atoms with Crippen LogP contribution in [-0.2, 0) is 0 Å². The maximum absolute atomic E-state index is 4.63. The second-order valence-corrected chi connectivity index (χ2v) is 4.66. The molecule has 0 unspecified atom stereocenters. The first kappa shape index (κ1) is 13.7. The van der Waals surface area contributed by atoms with Crippen LogP contribution in [0.5, 0.6) is 0 Å². The van der Waals surface area contributed by atoms with Crippen LogP contribution in [0, 0.1) is 0 Å². The third-order valence-electron chi connectivity index (χ3n) is 2.88. The van der Waals surface area contributed by atoms with E-state index in [1.807, 2.05) is 30.5 Å². The van der Waals surface area contributed by atoms with Crippen molar-refractivity contribution in [2.75, 3.05) is 31.1 Å². The molecule has 4 nitrogen and oxygen atoms in total. The molecule has 0 amide bonds. The van der Waals surface area contributed by atoms with Gasteiger partial charge in [-0.3, -0.25) is 4.98 Å². The number of hydrogen-bond acceptors (Lipinski definition) is 4. The van der Waals surface area contributed by atoms with Crippen molar-refractivity contribution in [3.05, 3.63) is 30.5 Å². The lowest BCUT2D eigenvalue weighted by molar-refractivity contribution is 0.585. The van der Waals surface area contributed by atoms with Crippen LogP contribution >= 0.6 is 0 Å². The van der Waals surface area contributed by atoms with Crippen molar-refractivity contribution in [2.24, 2.45) is 0 Å². The van der Waals surface area contributed by atoms with Gasteiger partial charge in [-0.1, -0.05) is 32.4 Å². The zero-order valence-corrected chi connectivity index (χ0v) is 11.8. The van der Waals surface area contributed by atoms with Gasteiger partial charge in [-0.25, -0.2) is 4.98 Å². The number of para-hydroxylation sites is 2. The third kappa shape index (κ3) is 3.64. The van der Waals surface area contributed by atoms with Crippen LogP contribution in [0.1, 0.15) is 20.3 Å². The van der Waals surface area contributed by atoms with Gasteiger partial charge in [0.05, 0.1) is 17.2 Å². The summed E-state index contributed by atoms with van der Waals surface area (Å²) >= 11 is 0. The van der Waals surface area contributed by atoms with Gasteiger partial charge in [-0.15, -0.1) is 0 Å². The Morgan fingerprint density at radius 1 is 1.11 bits per heavy atom. The van der Waals surface area contributed by atoms with Crippen LogP contribution in [0.3, 0.4) is 0 Å². The maximum Gasteiger partial charge on any atom is 0.147 e.